The van der Waals surface area contributed by atoms with Gasteiger partial charge in [-0.3, -0.25) is 5.10 Å². The van der Waals surface area contributed by atoms with Crippen molar-refractivity contribution in [2.75, 3.05) is 65.3 Å². The number of nitrogens with one attached hydrogen (secondary N) is 2. The molecule has 32 heavy (non-hydrogen) atoms. The Labute approximate surface area is 187 Å². The normalized spacial score (nSPS) is 10.9. The standard InChI is InChI=1S/C24H30FN3O4/c1-26-21-7-5-19(6-8-21)23-18-24(28-27-23)20-3-2-4-22(17-20)32-16-15-31-14-13-30-12-11-29-10-9-25/h2-8,17-18,26H,9-16H2,1H3,(H,27,28). The minimum atomic E-state index is -0.472. The van der Waals surface area contributed by atoms with Crippen LogP contribution in [0.3, 0.4) is 0 Å². The first-order valence-electron chi connectivity index (χ1n) is 10.7. The van der Waals surface area contributed by atoms with Gasteiger partial charge < -0.3 is 24.3 Å². The van der Waals surface area contributed by atoms with E-state index in [0.717, 1.165) is 34.0 Å². The van der Waals surface area contributed by atoms with Gasteiger partial charge in [-0.2, -0.15) is 5.10 Å². The van der Waals surface area contributed by atoms with E-state index in [9.17, 15) is 4.39 Å². The predicted octanol–water partition coefficient (Wildman–Crippen LogP) is 4.18. The van der Waals surface area contributed by atoms with Crippen molar-refractivity contribution in [1.29, 1.82) is 0 Å². The summed E-state index contributed by atoms with van der Waals surface area (Å²) >= 11 is 0. The third-order valence-electron chi connectivity index (χ3n) is 4.65. The van der Waals surface area contributed by atoms with Crippen molar-refractivity contribution in [2.24, 2.45) is 0 Å². The minimum absolute atomic E-state index is 0.116. The quantitative estimate of drug-likeness (QED) is 0.343. The highest BCUT2D eigenvalue weighted by atomic mass is 19.1. The average Bonchev–Trinajstić information content (AvgIpc) is 3.33. The van der Waals surface area contributed by atoms with Crippen molar-refractivity contribution in [1.82, 2.24) is 10.2 Å². The molecule has 172 valence electrons. The molecule has 0 spiro atoms. The van der Waals surface area contributed by atoms with Crippen molar-refractivity contribution < 1.29 is 23.3 Å². The van der Waals surface area contributed by atoms with Crippen LogP contribution in [0.5, 0.6) is 5.75 Å². The van der Waals surface area contributed by atoms with E-state index in [2.05, 4.69) is 15.5 Å². The molecule has 3 aromatic rings. The first-order chi connectivity index (χ1) is 15.8. The summed E-state index contributed by atoms with van der Waals surface area (Å²) in [6.45, 7) is 2.30. The summed E-state index contributed by atoms with van der Waals surface area (Å²) in [5.74, 6) is 0.760. The third kappa shape index (κ3) is 7.64. The number of nitrogens with zero attached hydrogens (tertiary/aromatic N) is 1. The monoisotopic (exact) mass is 443 g/mol. The Morgan fingerprint density at radius 3 is 2.19 bits per heavy atom. The van der Waals surface area contributed by atoms with Crippen LogP contribution in [-0.4, -0.2) is 70.2 Å². The minimum Gasteiger partial charge on any atom is -0.491 e. The highest BCUT2D eigenvalue weighted by molar-refractivity contribution is 5.70. The molecule has 0 amide bonds. The van der Waals surface area contributed by atoms with Gasteiger partial charge in [-0.05, 0) is 35.9 Å². The number of anilines is 1. The topological polar surface area (TPSA) is 77.6 Å². The molecule has 1 heterocycles. The van der Waals surface area contributed by atoms with Gasteiger partial charge >= 0.3 is 0 Å². The zero-order valence-corrected chi connectivity index (χ0v) is 18.3. The fourth-order valence-corrected chi connectivity index (χ4v) is 2.99. The molecule has 7 nitrogen and oxygen atoms in total. The first kappa shape index (κ1) is 23.7. The molecule has 0 aliphatic heterocycles. The Morgan fingerprint density at radius 2 is 1.50 bits per heavy atom. The van der Waals surface area contributed by atoms with E-state index in [1.165, 1.54) is 0 Å². The average molecular weight is 444 g/mol. The van der Waals surface area contributed by atoms with E-state index in [1.54, 1.807) is 0 Å². The second kappa shape index (κ2) is 13.5. The molecular formula is C24H30FN3O4. The molecule has 0 radical (unpaired) electrons. The summed E-state index contributed by atoms with van der Waals surface area (Å²) in [6.07, 6.45) is 0. The van der Waals surface area contributed by atoms with Crippen LogP contribution in [-0.2, 0) is 14.2 Å². The molecule has 1 aromatic heterocycles. The molecule has 2 aromatic carbocycles. The lowest BCUT2D eigenvalue weighted by molar-refractivity contribution is 0.00751. The number of halogens is 1. The van der Waals surface area contributed by atoms with Crippen LogP contribution in [0.4, 0.5) is 10.1 Å². The summed E-state index contributed by atoms with van der Waals surface area (Å²) in [7, 11) is 1.90. The van der Waals surface area contributed by atoms with Crippen molar-refractivity contribution in [3.63, 3.8) is 0 Å². The number of H-pyrrole nitrogens is 1. The van der Waals surface area contributed by atoms with E-state index in [1.807, 2.05) is 61.6 Å². The maximum atomic E-state index is 11.9. The molecule has 0 aliphatic rings. The molecule has 0 saturated carbocycles. The van der Waals surface area contributed by atoms with Crippen LogP contribution in [0.1, 0.15) is 0 Å². The van der Waals surface area contributed by atoms with Gasteiger partial charge in [0.05, 0.1) is 51.0 Å². The number of ether oxygens (including phenoxy) is 4. The fourth-order valence-electron chi connectivity index (χ4n) is 2.99. The van der Waals surface area contributed by atoms with E-state index >= 15 is 0 Å². The Kier molecular flexibility index (Phi) is 9.98. The zero-order valence-electron chi connectivity index (χ0n) is 18.3. The van der Waals surface area contributed by atoms with Crippen LogP contribution in [0, 0.1) is 0 Å². The molecule has 2 N–H and O–H groups in total. The van der Waals surface area contributed by atoms with Crippen molar-refractivity contribution in [3.05, 3.63) is 54.6 Å². The van der Waals surface area contributed by atoms with Crippen molar-refractivity contribution in [2.45, 2.75) is 0 Å². The largest absolute Gasteiger partial charge is 0.491 e. The van der Waals surface area contributed by atoms with E-state index in [4.69, 9.17) is 18.9 Å². The summed E-state index contributed by atoms with van der Waals surface area (Å²) in [4.78, 5) is 0. The molecule has 3 rings (SSSR count). The highest BCUT2D eigenvalue weighted by Crippen LogP contribution is 2.27. The Bertz CT molecular complexity index is 918. The first-order valence-corrected chi connectivity index (χ1v) is 10.7. The summed E-state index contributed by atoms with van der Waals surface area (Å²) < 4.78 is 33.5. The van der Waals surface area contributed by atoms with Crippen LogP contribution >= 0.6 is 0 Å². The zero-order chi connectivity index (χ0) is 22.4. The van der Waals surface area contributed by atoms with Crippen LogP contribution in [0.2, 0.25) is 0 Å². The van der Waals surface area contributed by atoms with Crippen molar-refractivity contribution in [3.8, 4) is 28.3 Å². The lowest BCUT2D eigenvalue weighted by atomic mass is 10.1. The van der Waals surface area contributed by atoms with E-state index in [-0.39, 0.29) is 6.61 Å². The van der Waals surface area contributed by atoms with Gasteiger partial charge in [0.25, 0.3) is 0 Å². The maximum Gasteiger partial charge on any atom is 0.120 e. The number of hydrogen-bond acceptors (Lipinski definition) is 6. The van der Waals surface area contributed by atoms with Gasteiger partial charge in [0.2, 0.25) is 0 Å². The molecule has 0 bridgehead atoms. The fraction of sp³-hybridized carbons (Fsp3) is 0.375. The number of aromatic amines is 1. The SMILES string of the molecule is CNc1ccc(-c2cc(-c3cccc(OCCOCCOCCOCCF)c3)n[nH]2)cc1. The second-order valence-electron chi connectivity index (χ2n) is 6.90. The molecule has 0 atom stereocenters. The lowest BCUT2D eigenvalue weighted by Gasteiger charge is -2.08. The Balaban J connectivity index is 1.39. The van der Waals surface area contributed by atoms with Gasteiger partial charge in [0.1, 0.15) is 19.0 Å². The van der Waals surface area contributed by atoms with Crippen LogP contribution < -0.4 is 10.1 Å². The van der Waals surface area contributed by atoms with Gasteiger partial charge in [-0.15, -0.1) is 0 Å². The lowest BCUT2D eigenvalue weighted by Crippen LogP contribution is -2.13. The van der Waals surface area contributed by atoms with Crippen LogP contribution in [0.25, 0.3) is 22.5 Å². The van der Waals surface area contributed by atoms with Gasteiger partial charge in [-0.1, -0.05) is 24.3 Å². The molecule has 0 fully saturated rings. The summed E-state index contributed by atoms with van der Waals surface area (Å²) in [6, 6.07) is 18.0. The van der Waals surface area contributed by atoms with E-state index in [0.29, 0.717) is 39.6 Å². The molecule has 0 saturated heterocycles. The number of benzene rings is 2. The molecule has 8 heteroatoms. The van der Waals surface area contributed by atoms with Gasteiger partial charge in [0, 0.05) is 18.3 Å². The third-order valence-corrected chi connectivity index (χ3v) is 4.65. The number of hydrogen-bond donors (Lipinski definition) is 2. The van der Waals surface area contributed by atoms with E-state index < -0.39 is 6.67 Å². The smallest absolute Gasteiger partial charge is 0.120 e. The number of rotatable bonds is 15. The van der Waals surface area contributed by atoms with Gasteiger partial charge in [-0.25, -0.2) is 4.39 Å². The molecule has 0 aliphatic carbocycles. The summed E-state index contributed by atoms with van der Waals surface area (Å²) in [5.41, 5.74) is 4.92. The van der Waals surface area contributed by atoms with Crippen molar-refractivity contribution >= 4 is 5.69 Å². The Morgan fingerprint density at radius 1 is 0.812 bits per heavy atom. The second-order valence-corrected chi connectivity index (χ2v) is 6.90. The predicted molar refractivity (Wildman–Crippen MR) is 123 cm³/mol. The van der Waals surface area contributed by atoms with Gasteiger partial charge in [0.15, 0.2) is 0 Å². The number of alkyl halides is 1. The molecule has 0 unspecified atom stereocenters. The Hall–Kier alpha value is -2.94. The molecular weight excluding hydrogens is 413 g/mol. The number of aromatic nitrogens is 2. The highest BCUT2D eigenvalue weighted by Gasteiger charge is 2.07. The maximum absolute atomic E-state index is 11.9. The van der Waals surface area contributed by atoms with Crippen LogP contribution in [0.15, 0.2) is 54.6 Å². The summed E-state index contributed by atoms with van der Waals surface area (Å²) in [5, 5.41) is 10.7.